The Balaban J connectivity index is 3.05. The van der Waals surface area contributed by atoms with E-state index in [1.807, 2.05) is 19.0 Å². The van der Waals surface area contributed by atoms with E-state index in [1.54, 1.807) is 25.1 Å². The molecule has 0 amide bonds. The van der Waals surface area contributed by atoms with Crippen LogP contribution in [0.1, 0.15) is 12.5 Å². The number of carboxylic acids is 1. The van der Waals surface area contributed by atoms with Crippen molar-refractivity contribution >= 4 is 29.2 Å². The minimum Gasteiger partial charge on any atom is -0.480 e. The maximum Gasteiger partial charge on any atom is 0.328 e. The first-order valence-electron chi connectivity index (χ1n) is 5.86. The number of nitrogens with one attached hydrogen (secondary N) is 1. The van der Waals surface area contributed by atoms with Gasteiger partial charge in [0.05, 0.1) is 10.0 Å². The summed E-state index contributed by atoms with van der Waals surface area (Å²) in [5, 5.41) is 13.1. The number of hydrogen-bond donors (Lipinski definition) is 2. The summed E-state index contributed by atoms with van der Waals surface area (Å²) in [6.45, 7) is 2.84. The van der Waals surface area contributed by atoms with E-state index in [4.69, 9.17) is 23.2 Å². The lowest BCUT2D eigenvalue weighted by Gasteiger charge is -2.28. The highest BCUT2D eigenvalue weighted by Gasteiger charge is 2.36. The first-order valence-corrected chi connectivity index (χ1v) is 6.62. The molecule has 0 fully saturated rings. The topological polar surface area (TPSA) is 52.6 Å². The van der Waals surface area contributed by atoms with Gasteiger partial charge in [0.1, 0.15) is 5.54 Å². The molecule has 1 rings (SSSR count). The van der Waals surface area contributed by atoms with Crippen molar-refractivity contribution in [2.24, 2.45) is 0 Å². The van der Waals surface area contributed by atoms with E-state index in [0.717, 1.165) is 6.54 Å². The molecule has 0 aliphatic rings. The molecule has 0 aliphatic carbocycles. The Hall–Kier alpha value is -0.810. The quantitative estimate of drug-likeness (QED) is 0.847. The SMILES string of the molecule is CN(C)CCNC(C)(C(=O)O)c1cccc(Cl)c1Cl. The molecular formula is C13H18Cl2N2O2. The van der Waals surface area contributed by atoms with Gasteiger partial charge in [0.2, 0.25) is 0 Å². The molecule has 19 heavy (non-hydrogen) atoms. The predicted octanol–water partition coefficient (Wildman–Crippen LogP) is 2.44. The number of hydrogen-bond acceptors (Lipinski definition) is 3. The van der Waals surface area contributed by atoms with E-state index in [-0.39, 0.29) is 5.02 Å². The van der Waals surface area contributed by atoms with Crippen LogP contribution in [0.2, 0.25) is 10.0 Å². The minimum atomic E-state index is -1.27. The predicted molar refractivity (Wildman–Crippen MR) is 78.0 cm³/mol. The summed E-state index contributed by atoms with van der Waals surface area (Å²) >= 11 is 12.1. The second-order valence-corrected chi connectivity index (χ2v) is 5.55. The van der Waals surface area contributed by atoms with Gasteiger partial charge in [-0.15, -0.1) is 0 Å². The normalized spacial score (nSPS) is 14.4. The number of benzene rings is 1. The van der Waals surface area contributed by atoms with Crippen molar-refractivity contribution < 1.29 is 9.90 Å². The van der Waals surface area contributed by atoms with Crippen molar-refractivity contribution in [3.63, 3.8) is 0 Å². The van der Waals surface area contributed by atoms with E-state index in [1.165, 1.54) is 0 Å². The molecule has 0 spiro atoms. The average Bonchev–Trinajstić information content (AvgIpc) is 2.31. The molecule has 4 nitrogen and oxygen atoms in total. The van der Waals surface area contributed by atoms with E-state index in [0.29, 0.717) is 17.1 Å². The summed E-state index contributed by atoms with van der Waals surface area (Å²) in [5.74, 6) is -0.990. The second-order valence-electron chi connectivity index (χ2n) is 4.76. The van der Waals surface area contributed by atoms with Crippen LogP contribution in [0.15, 0.2) is 18.2 Å². The molecule has 2 N–H and O–H groups in total. The fraction of sp³-hybridized carbons (Fsp3) is 0.462. The Labute approximate surface area is 123 Å². The Bertz CT molecular complexity index is 466. The van der Waals surface area contributed by atoms with Crippen LogP contribution in [-0.4, -0.2) is 43.2 Å². The first kappa shape index (κ1) is 16.2. The summed E-state index contributed by atoms with van der Waals surface area (Å²) < 4.78 is 0. The molecule has 1 atom stereocenters. The number of carboxylic acid groups (broad SMARTS) is 1. The Kier molecular flexibility index (Phi) is 5.62. The van der Waals surface area contributed by atoms with Crippen LogP contribution in [0, 0.1) is 0 Å². The van der Waals surface area contributed by atoms with Gasteiger partial charge in [0, 0.05) is 18.7 Å². The van der Waals surface area contributed by atoms with Crippen LogP contribution in [0.3, 0.4) is 0 Å². The number of likely N-dealkylation sites (N-methyl/N-ethyl adjacent to an activating group) is 1. The molecule has 1 unspecified atom stereocenters. The van der Waals surface area contributed by atoms with Gasteiger partial charge in [-0.25, -0.2) is 4.79 Å². The zero-order valence-electron chi connectivity index (χ0n) is 11.2. The van der Waals surface area contributed by atoms with Crippen molar-refractivity contribution in [2.45, 2.75) is 12.5 Å². The number of rotatable bonds is 6. The van der Waals surface area contributed by atoms with Crippen molar-refractivity contribution in [1.29, 1.82) is 0 Å². The van der Waals surface area contributed by atoms with Gasteiger partial charge in [-0.1, -0.05) is 35.3 Å². The zero-order chi connectivity index (χ0) is 14.6. The average molecular weight is 305 g/mol. The van der Waals surface area contributed by atoms with Gasteiger partial charge < -0.3 is 10.0 Å². The number of halogens is 2. The van der Waals surface area contributed by atoms with Gasteiger partial charge in [-0.2, -0.15) is 0 Å². The third-order valence-corrected chi connectivity index (χ3v) is 3.77. The molecule has 0 heterocycles. The lowest BCUT2D eigenvalue weighted by molar-refractivity contribution is -0.144. The highest BCUT2D eigenvalue weighted by molar-refractivity contribution is 6.42. The second kappa shape index (κ2) is 6.57. The van der Waals surface area contributed by atoms with E-state index >= 15 is 0 Å². The lowest BCUT2D eigenvalue weighted by Crippen LogP contribution is -2.48. The van der Waals surface area contributed by atoms with Crippen molar-refractivity contribution in [3.8, 4) is 0 Å². The van der Waals surface area contributed by atoms with Crippen LogP contribution in [0.25, 0.3) is 0 Å². The fourth-order valence-electron chi connectivity index (χ4n) is 1.71. The highest BCUT2D eigenvalue weighted by atomic mass is 35.5. The number of nitrogens with zero attached hydrogens (tertiary/aromatic N) is 1. The molecule has 106 valence electrons. The lowest BCUT2D eigenvalue weighted by atomic mass is 9.92. The minimum absolute atomic E-state index is 0.270. The third kappa shape index (κ3) is 3.83. The van der Waals surface area contributed by atoms with E-state index < -0.39 is 11.5 Å². The molecule has 0 saturated heterocycles. The molecule has 0 aromatic heterocycles. The van der Waals surface area contributed by atoms with Gasteiger partial charge in [-0.3, -0.25) is 5.32 Å². The van der Waals surface area contributed by atoms with Crippen LogP contribution in [0.4, 0.5) is 0 Å². The van der Waals surface area contributed by atoms with Crippen LogP contribution < -0.4 is 5.32 Å². The van der Waals surface area contributed by atoms with Crippen molar-refractivity contribution in [2.75, 3.05) is 27.2 Å². The maximum atomic E-state index is 11.6. The Morgan fingerprint density at radius 3 is 2.58 bits per heavy atom. The van der Waals surface area contributed by atoms with Gasteiger partial charge in [0.25, 0.3) is 0 Å². The summed E-state index contributed by atoms with van der Waals surface area (Å²) in [4.78, 5) is 13.6. The Morgan fingerprint density at radius 1 is 1.42 bits per heavy atom. The molecule has 1 aromatic rings. The summed E-state index contributed by atoms with van der Waals surface area (Å²) in [5.41, 5.74) is -0.800. The summed E-state index contributed by atoms with van der Waals surface area (Å²) in [6, 6.07) is 5.00. The molecule has 0 bridgehead atoms. The van der Waals surface area contributed by atoms with Gasteiger partial charge >= 0.3 is 5.97 Å². The van der Waals surface area contributed by atoms with Crippen molar-refractivity contribution in [1.82, 2.24) is 10.2 Å². The summed E-state index contributed by atoms with van der Waals surface area (Å²) in [7, 11) is 3.85. The first-order chi connectivity index (χ1) is 8.79. The highest BCUT2D eigenvalue weighted by Crippen LogP contribution is 2.33. The van der Waals surface area contributed by atoms with Crippen LogP contribution >= 0.6 is 23.2 Å². The molecule has 1 aromatic carbocycles. The molecule has 0 saturated carbocycles. The molecular weight excluding hydrogens is 287 g/mol. The van der Waals surface area contributed by atoms with E-state index in [9.17, 15) is 9.90 Å². The third-order valence-electron chi connectivity index (χ3n) is 2.96. The monoisotopic (exact) mass is 304 g/mol. The van der Waals surface area contributed by atoms with Gasteiger partial charge in [-0.05, 0) is 27.1 Å². The fourth-order valence-corrected chi connectivity index (χ4v) is 2.20. The van der Waals surface area contributed by atoms with E-state index in [2.05, 4.69) is 5.32 Å². The number of carbonyl (C=O) groups is 1. The van der Waals surface area contributed by atoms with Crippen LogP contribution in [0.5, 0.6) is 0 Å². The maximum absolute atomic E-state index is 11.6. The zero-order valence-corrected chi connectivity index (χ0v) is 12.7. The van der Waals surface area contributed by atoms with Crippen molar-refractivity contribution in [3.05, 3.63) is 33.8 Å². The largest absolute Gasteiger partial charge is 0.480 e. The molecule has 6 heteroatoms. The Morgan fingerprint density at radius 2 is 2.05 bits per heavy atom. The summed E-state index contributed by atoms with van der Waals surface area (Å²) in [6.07, 6.45) is 0. The standard InChI is InChI=1S/C13H18Cl2N2O2/c1-13(12(18)19,16-7-8-17(2)3)9-5-4-6-10(14)11(9)15/h4-6,16H,7-8H2,1-3H3,(H,18,19). The van der Waals surface area contributed by atoms with Crippen LogP contribution in [-0.2, 0) is 10.3 Å². The molecule has 0 radical (unpaired) electrons. The number of aliphatic carboxylic acids is 1. The smallest absolute Gasteiger partial charge is 0.328 e. The molecule has 0 aliphatic heterocycles. The van der Waals surface area contributed by atoms with Gasteiger partial charge in [0.15, 0.2) is 0 Å².